The monoisotopic (exact) mass is 388 g/mol. The van der Waals surface area contributed by atoms with Crippen LogP contribution >= 0.6 is 0 Å². The Balaban J connectivity index is 1.44. The highest BCUT2D eigenvalue weighted by atomic mass is 19.1. The van der Waals surface area contributed by atoms with E-state index >= 15 is 0 Å². The Hall–Kier alpha value is -2.41. The Labute approximate surface area is 165 Å². The second-order valence-electron chi connectivity index (χ2n) is 7.35. The summed E-state index contributed by atoms with van der Waals surface area (Å²) in [6.07, 6.45) is 7.21. The summed E-state index contributed by atoms with van der Waals surface area (Å²) >= 11 is 0. The second-order valence-corrected chi connectivity index (χ2v) is 7.35. The summed E-state index contributed by atoms with van der Waals surface area (Å²) in [5.74, 6) is 1.03. The van der Waals surface area contributed by atoms with Gasteiger partial charge in [0.05, 0.1) is 5.69 Å². The Kier molecular flexibility index (Phi) is 7.03. The maximum absolute atomic E-state index is 13.0. The van der Waals surface area contributed by atoms with E-state index in [2.05, 4.69) is 20.6 Å². The number of hydrogen-bond acceptors (Lipinski definition) is 4. The molecule has 1 aliphatic carbocycles. The summed E-state index contributed by atoms with van der Waals surface area (Å²) in [5.41, 5.74) is 1.95. The third-order valence-corrected chi connectivity index (χ3v) is 5.42. The van der Waals surface area contributed by atoms with Crippen molar-refractivity contribution in [3.05, 3.63) is 42.0 Å². The lowest BCUT2D eigenvalue weighted by molar-refractivity contribution is 0.0732. The molecule has 0 aliphatic heterocycles. The van der Waals surface area contributed by atoms with Crippen LogP contribution in [0, 0.1) is 11.2 Å². The van der Waals surface area contributed by atoms with Gasteiger partial charge in [-0.3, -0.25) is 4.99 Å². The summed E-state index contributed by atoms with van der Waals surface area (Å²) in [5, 5.41) is 6.78. The minimum Gasteiger partial charge on any atom is -0.444 e. The van der Waals surface area contributed by atoms with Gasteiger partial charge in [0, 0.05) is 45.8 Å². The first kappa shape index (κ1) is 20.3. The highest BCUT2D eigenvalue weighted by Crippen LogP contribution is 2.43. The molecule has 152 valence electrons. The molecular weight excluding hydrogens is 359 g/mol. The summed E-state index contributed by atoms with van der Waals surface area (Å²) in [6.45, 7) is 2.41. The van der Waals surface area contributed by atoms with E-state index in [1.54, 1.807) is 32.6 Å². The van der Waals surface area contributed by atoms with E-state index in [0.29, 0.717) is 24.3 Å². The highest BCUT2D eigenvalue weighted by molar-refractivity contribution is 5.79. The molecule has 6 nitrogen and oxygen atoms in total. The first-order chi connectivity index (χ1) is 13.6. The van der Waals surface area contributed by atoms with Crippen LogP contribution < -0.4 is 10.6 Å². The van der Waals surface area contributed by atoms with E-state index in [9.17, 15) is 4.39 Å². The fourth-order valence-corrected chi connectivity index (χ4v) is 3.46. The largest absolute Gasteiger partial charge is 0.444 e. The number of methoxy groups -OCH3 is 1. The molecule has 28 heavy (non-hydrogen) atoms. The number of nitrogens with zero attached hydrogens (tertiary/aromatic N) is 2. The van der Waals surface area contributed by atoms with Crippen molar-refractivity contribution in [2.24, 2.45) is 10.4 Å². The molecule has 1 heterocycles. The maximum Gasteiger partial charge on any atom is 0.226 e. The molecule has 0 saturated heterocycles. The summed E-state index contributed by atoms with van der Waals surface area (Å²) in [4.78, 5) is 8.78. The number of ether oxygens (including phenoxy) is 1. The summed E-state index contributed by atoms with van der Waals surface area (Å²) in [6, 6.07) is 6.12. The molecule has 1 aromatic carbocycles. The molecule has 1 aromatic heterocycles. The molecule has 2 aromatic rings. The summed E-state index contributed by atoms with van der Waals surface area (Å²) < 4.78 is 23.8. The molecule has 1 aliphatic rings. The van der Waals surface area contributed by atoms with Crippen molar-refractivity contribution in [3.8, 4) is 11.5 Å². The zero-order chi connectivity index (χ0) is 19.8. The van der Waals surface area contributed by atoms with Gasteiger partial charge in [-0.15, -0.1) is 0 Å². The number of guanidine groups is 1. The number of aliphatic imine (C=N–C) groups is 1. The van der Waals surface area contributed by atoms with Gasteiger partial charge in [-0.2, -0.15) is 0 Å². The zero-order valence-electron chi connectivity index (χ0n) is 16.6. The van der Waals surface area contributed by atoms with Crippen LogP contribution in [-0.4, -0.2) is 44.8 Å². The van der Waals surface area contributed by atoms with Crippen molar-refractivity contribution < 1.29 is 13.5 Å². The molecular formula is C21H29FN4O2. The Morgan fingerprint density at radius 3 is 2.71 bits per heavy atom. The molecule has 0 unspecified atom stereocenters. The lowest BCUT2D eigenvalue weighted by Gasteiger charge is -2.42. The van der Waals surface area contributed by atoms with Crippen molar-refractivity contribution in [2.75, 3.05) is 33.9 Å². The minimum absolute atomic E-state index is 0.274. The molecule has 2 N–H and O–H groups in total. The van der Waals surface area contributed by atoms with E-state index < -0.39 is 0 Å². The molecule has 1 saturated carbocycles. The molecule has 0 spiro atoms. The fourth-order valence-electron chi connectivity index (χ4n) is 3.46. The molecule has 0 radical (unpaired) electrons. The smallest absolute Gasteiger partial charge is 0.226 e. The van der Waals surface area contributed by atoms with Crippen molar-refractivity contribution >= 4 is 5.96 Å². The number of benzene rings is 1. The van der Waals surface area contributed by atoms with E-state index in [0.717, 1.165) is 36.8 Å². The van der Waals surface area contributed by atoms with Crippen LogP contribution in [0.1, 0.15) is 31.4 Å². The van der Waals surface area contributed by atoms with Gasteiger partial charge in [0.1, 0.15) is 12.1 Å². The average Bonchev–Trinajstić information content (AvgIpc) is 3.14. The van der Waals surface area contributed by atoms with Gasteiger partial charge in [0.15, 0.2) is 5.96 Å². The summed E-state index contributed by atoms with van der Waals surface area (Å²) in [7, 11) is 3.53. The topological polar surface area (TPSA) is 71.7 Å². The predicted octanol–water partition coefficient (Wildman–Crippen LogP) is 3.40. The zero-order valence-corrected chi connectivity index (χ0v) is 16.6. The Morgan fingerprint density at radius 1 is 1.29 bits per heavy atom. The predicted molar refractivity (Wildman–Crippen MR) is 108 cm³/mol. The van der Waals surface area contributed by atoms with Crippen molar-refractivity contribution in [1.29, 1.82) is 0 Å². The van der Waals surface area contributed by atoms with Crippen LogP contribution in [-0.2, 0) is 11.2 Å². The van der Waals surface area contributed by atoms with Crippen LogP contribution in [0.5, 0.6) is 0 Å². The fraction of sp³-hybridized carbons (Fsp3) is 0.524. The first-order valence-electron chi connectivity index (χ1n) is 9.78. The van der Waals surface area contributed by atoms with Crippen LogP contribution in [0.2, 0.25) is 0 Å². The SMILES string of the molecule is CN=C(NCCc1coc(-c2ccc(F)cc2)n1)NCC1(CCOC)CCC1. The van der Waals surface area contributed by atoms with Gasteiger partial charge < -0.3 is 19.8 Å². The Morgan fingerprint density at radius 2 is 2.07 bits per heavy atom. The second kappa shape index (κ2) is 9.68. The van der Waals surface area contributed by atoms with Crippen LogP contribution in [0.4, 0.5) is 4.39 Å². The quantitative estimate of drug-likeness (QED) is 0.509. The molecule has 7 heteroatoms. The highest BCUT2D eigenvalue weighted by Gasteiger charge is 2.36. The van der Waals surface area contributed by atoms with Crippen molar-refractivity contribution in [2.45, 2.75) is 32.1 Å². The molecule has 0 amide bonds. The van der Waals surface area contributed by atoms with Gasteiger partial charge in [-0.05, 0) is 48.9 Å². The molecule has 0 atom stereocenters. The standard InChI is InChI=1S/C21H29FN4O2/c1-23-20(25-15-21(9-3-10-21)11-13-27-2)24-12-8-18-14-28-19(26-18)16-4-6-17(22)7-5-16/h4-7,14H,3,8-13,15H2,1-2H3,(H2,23,24,25). The minimum atomic E-state index is -0.274. The van der Waals surface area contributed by atoms with Crippen molar-refractivity contribution in [1.82, 2.24) is 15.6 Å². The van der Waals surface area contributed by atoms with E-state index in [-0.39, 0.29) is 5.82 Å². The molecule has 1 fully saturated rings. The lowest BCUT2D eigenvalue weighted by Crippen LogP contribution is -2.47. The number of oxazole rings is 1. The maximum atomic E-state index is 13.0. The number of nitrogens with one attached hydrogen (secondary N) is 2. The molecule has 3 rings (SSSR count). The number of aromatic nitrogens is 1. The van der Waals surface area contributed by atoms with Gasteiger partial charge in [-0.1, -0.05) is 6.42 Å². The van der Waals surface area contributed by atoms with Gasteiger partial charge in [-0.25, -0.2) is 9.37 Å². The van der Waals surface area contributed by atoms with Gasteiger partial charge in [0.2, 0.25) is 5.89 Å². The van der Waals surface area contributed by atoms with Crippen LogP contribution in [0.25, 0.3) is 11.5 Å². The van der Waals surface area contributed by atoms with Gasteiger partial charge in [0.25, 0.3) is 0 Å². The van der Waals surface area contributed by atoms with Gasteiger partial charge >= 0.3 is 0 Å². The third-order valence-electron chi connectivity index (χ3n) is 5.42. The Bertz CT molecular complexity index is 769. The van der Waals surface area contributed by atoms with Crippen LogP contribution in [0.3, 0.4) is 0 Å². The van der Waals surface area contributed by atoms with E-state index in [1.807, 2.05) is 0 Å². The average molecular weight is 388 g/mol. The van der Waals surface area contributed by atoms with Crippen molar-refractivity contribution in [3.63, 3.8) is 0 Å². The lowest BCUT2D eigenvalue weighted by atomic mass is 9.67. The number of hydrogen-bond donors (Lipinski definition) is 2. The van der Waals surface area contributed by atoms with E-state index in [1.165, 1.54) is 31.4 Å². The number of halogens is 1. The number of rotatable bonds is 9. The first-order valence-corrected chi connectivity index (χ1v) is 9.78. The van der Waals surface area contributed by atoms with Crippen LogP contribution in [0.15, 0.2) is 39.9 Å². The normalized spacial score (nSPS) is 15.9. The van der Waals surface area contributed by atoms with E-state index in [4.69, 9.17) is 9.15 Å². The third kappa shape index (κ3) is 5.32. The molecule has 0 bridgehead atoms.